The van der Waals surface area contributed by atoms with Crippen LogP contribution in [-0.2, 0) is 9.53 Å². The molecule has 0 bridgehead atoms. The molecule has 0 aromatic heterocycles. The summed E-state index contributed by atoms with van der Waals surface area (Å²) >= 11 is 0. The maximum atomic E-state index is 12.1. The van der Waals surface area contributed by atoms with Gasteiger partial charge in [-0.05, 0) is 25.1 Å². The first-order valence-electron chi connectivity index (χ1n) is 6.77. The summed E-state index contributed by atoms with van der Waals surface area (Å²) in [7, 11) is 1.32. The van der Waals surface area contributed by atoms with Gasteiger partial charge in [0, 0.05) is 18.5 Å². The Morgan fingerprint density at radius 1 is 1.35 bits per heavy atom. The standard InChI is InChI=1S/C15H19NO4/c1-3-16-8-9-20-14-6-4-11(10-12(14)16)13(17)5-7-15(18)19-2/h4,6,10H,3,5,7-9H2,1-2H3. The van der Waals surface area contributed by atoms with E-state index in [1.165, 1.54) is 7.11 Å². The van der Waals surface area contributed by atoms with E-state index < -0.39 is 0 Å². The molecule has 20 heavy (non-hydrogen) atoms. The van der Waals surface area contributed by atoms with Gasteiger partial charge in [0.1, 0.15) is 12.4 Å². The highest BCUT2D eigenvalue weighted by atomic mass is 16.5. The number of carbonyl (C=O) groups excluding carboxylic acids is 2. The van der Waals surface area contributed by atoms with E-state index in [0.29, 0.717) is 12.2 Å². The van der Waals surface area contributed by atoms with Gasteiger partial charge in [-0.1, -0.05) is 0 Å². The fourth-order valence-electron chi connectivity index (χ4n) is 2.24. The lowest BCUT2D eigenvalue weighted by Crippen LogP contribution is -2.32. The maximum absolute atomic E-state index is 12.1. The van der Waals surface area contributed by atoms with Crippen LogP contribution in [0.5, 0.6) is 5.75 Å². The first-order valence-corrected chi connectivity index (χ1v) is 6.77. The number of Topliss-reactive ketones (excluding diaryl/α,β-unsaturated/α-hetero) is 1. The summed E-state index contributed by atoms with van der Waals surface area (Å²) in [6.07, 6.45) is 0.277. The Labute approximate surface area is 118 Å². The summed E-state index contributed by atoms with van der Waals surface area (Å²) in [6.45, 7) is 4.43. The largest absolute Gasteiger partial charge is 0.490 e. The van der Waals surface area contributed by atoms with E-state index in [-0.39, 0.29) is 24.6 Å². The molecule has 108 valence electrons. The van der Waals surface area contributed by atoms with Crippen molar-refractivity contribution in [2.45, 2.75) is 19.8 Å². The van der Waals surface area contributed by atoms with Gasteiger partial charge in [0.15, 0.2) is 5.78 Å². The molecule has 0 unspecified atom stereocenters. The Hall–Kier alpha value is -2.04. The predicted molar refractivity (Wildman–Crippen MR) is 75.4 cm³/mol. The predicted octanol–water partition coefficient (Wildman–Crippen LogP) is 2.04. The molecular weight excluding hydrogens is 258 g/mol. The van der Waals surface area contributed by atoms with Crippen molar-refractivity contribution in [2.75, 3.05) is 31.7 Å². The van der Waals surface area contributed by atoms with Gasteiger partial charge in [0.25, 0.3) is 0 Å². The van der Waals surface area contributed by atoms with Crippen LogP contribution < -0.4 is 9.64 Å². The molecule has 0 spiro atoms. The van der Waals surface area contributed by atoms with Crippen molar-refractivity contribution in [3.63, 3.8) is 0 Å². The molecule has 0 atom stereocenters. The number of hydrogen-bond donors (Lipinski definition) is 0. The minimum absolute atomic E-state index is 0.0557. The van der Waals surface area contributed by atoms with Crippen LogP contribution >= 0.6 is 0 Å². The Morgan fingerprint density at radius 2 is 2.15 bits per heavy atom. The van der Waals surface area contributed by atoms with E-state index in [1.807, 2.05) is 12.1 Å². The van der Waals surface area contributed by atoms with E-state index in [9.17, 15) is 9.59 Å². The Bertz CT molecular complexity index is 513. The molecular formula is C15H19NO4. The quantitative estimate of drug-likeness (QED) is 0.609. The first-order chi connectivity index (χ1) is 9.65. The molecule has 0 N–H and O–H groups in total. The van der Waals surface area contributed by atoms with Crippen molar-refractivity contribution in [3.05, 3.63) is 23.8 Å². The number of nitrogens with zero attached hydrogens (tertiary/aromatic N) is 1. The van der Waals surface area contributed by atoms with E-state index >= 15 is 0 Å². The fourth-order valence-corrected chi connectivity index (χ4v) is 2.24. The molecule has 1 aliphatic rings. The van der Waals surface area contributed by atoms with Gasteiger partial charge in [0.05, 0.1) is 25.8 Å². The number of methoxy groups -OCH3 is 1. The molecule has 1 aromatic carbocycles. The number of anilines is 1. The third kappa shape index (κ3) is 3.10. The van der Waals surface area contributed by atoms with Crippen LogP contribution in [0.15, 0.2) is 18.2 Å². The molecule has 0 saturated carbocycles. The van der Waals surface area contributed by atoms with E-state index in [0.717, 1.165) is 24.5 Å². The van der Waals surface area contributed by atoms with Gasteiger partial charge < -0.3 is 14.4 Å². The topological polar surface area (TPSA) is 55.8 Å². The second kappa shape index (κ2) is 6.41. The molecule has 0 saturated heterocycles. The number of hydrogen-bond acceptors (Lipinski definition) is 5. The Kier molecular flexibility index (Phi) is 4.61. The zero-order valence-corrected chi connectivity index (χ0v) is 11.8. The summed E-state index contributed by atoms with van der Waals surface area (Å²) in [6, 6.07) is 5.41. The molecule has 0 fully saturated rings. The summed E-state index contributed by atoms with van der Waals surface area (Å²) in [5.74, 6) is 0.386. The zero-order valence-electron chi connectivity index (χ0n) is 11.8. The maximum Gasteiger partial charge on any atom is 0.305 e. The van der Waals surface area contributed by atoms with Gasteiger partial charge in [0.2, 0.25) is 0 Å². The van der Waals surface area contributed by atoms with Gasteiger partial charge in [-0.15, -0.1) is 0 Å². The van der Waals surface area contributed by atoms with Crippen LogP contribution in [0, 0.1) is 0 Å². The van der Waals surface area contributed by atoms with Crippen molar-refractivity contribution in [1.82, 2.24) is 0 Å². The van der Waals surface area contributed by atoms with Gasteiger partial charge >= 0.3 is 5.97 Å². The first kappa shape index (κ1) is 14.4. The molecule has 5 nitrogen and oxygen atoms in total. The van der Waals surface area contributed by atoms with Crippen LogP contribution in [0.3, 0.4) is 0 Å². The summed E-state index contributed by atoms with van der Waals surface area (Å²) in [5, 5.41) is 0. The summed E-state index contributed by atoms with van der Waals surface area (Å²) in [5.41, 5.74) is 1.55. The molecule has 1 aliphatic heterocycles. The molecule has 2 rings (SSSR count). The smallest absolute Gasteiger partial charge is 0.305 e. The lowest BCUT2D eigenvalue weighted by atomic mass is 10.0. The number of likely N-dealkylation sites (N-methyl/N-ethyl adjacent to an activating group) is 1. The normalized spacial score (nSPS) is 13.4. The number of ether oxygens (including phenoxy) is 2. The lowest BCUT2D eigenvalue weighted by molar-refractivity contribution is -0.140. The molecule has 0 aliphatic carbocycles. The van der Waals surface area contributed by atoms with Gasteiger partial charge in [-0.3, -0.25) is 9.59 Å². The zero-order chi connectivity index (χ0) is 14.5. The van der Waals surface area contributed by atoms with Crippen LogP contribution in [0.4, 0.5) is 5.69 Å². The molecule has 1 heterocycles. The van der Waals surface area contributed by atoms with Crippen molar-refractivity contribution in [3.8, 4) is 5.75 Å². The highest BCUT2D eigenvalue weighted by Crippen LogP contribution is 2.32. The van der Waals surface area contributed by atoms with Crippen molar-refractivity contribution >= 4 is 17.4 Å². The number of carbonyl (C=O) groups is 2. The number of ketones is 1. The van der Waals surface area contributed by atoms with Crippen LogP contribution in [0.1, 0.15) is 30.1 Å². The molecule has 5 heteroatoms. The molecule has 0 amide bonds. The second-order valence-electron chi connectivity index (χ2n) is 4.61. The van der Waals surface area contributed by atoms with E-state index in [2.05, 4.69) is 16.6 Å². The number of benzene rings is 1. The van der Waals surface area contributed by atoms with Crippen molar-refractivity contribution in [2.24, 2.45) is 0 Å². The van der Waals surface area contributed by atoms with Crippen LogP contribution in [-0.4, -0.2) is 38.6 Å². The number of rotatable bonds is 5. The second-order valence-corrected chi connectivity index (χ2v) is 4.61. The number of fused-ring (bicyclic) bond motifs is 1. The minimum atomic E-state index is -0.366. The highest BCUT2D eigenvalue weighted by molar-refractivity contribution is 5.98. The van der Waals surface area contributed by atoms with Crippen LogP contribution in [0.2, 0.25) is 0 Å². The third-order valence-electron chi connectivity index (χ3n) is 3.41. The summed E-state index contributed by atoms with van der Waals surface area (Å²) in [4.78, 5) is 25.3. The summed E-state index contributed by atoms with van der Waals surface area (Å²) < 4.78 is 10.1. The minimum Gasteiger partial charge on any atom is -0.490 e. The van der Waals surface area contributed by atoms with E-state index in [4.69, 9.17) is 4.74 Å². The molecule has 1 aromatic rings. The average molecular weight is 277 g/mol. The van der Waals surface area contributed by atoms with E-state index in [1.54, 1.807) is 6.07 Å². The van der Waals surface area contributed by atoms with Crippen LogP contribution in [0.25, 0.3) is 0 Å². The van der Waals surface area contributed by atoms with Gasteiger partial charge in [-0.25, -0.2) is 0 Å². The Morgan fingerprint density at radius 3 is 2.85 bits per heavy atom. The van der Waals surface area contributed by atoms with Gasteiger partial charge in [-0.2, -0.15) is 0 Å². The Balaban J connectivity index is 2.13. The lowest BCUT2D eigenvalue weighted by Gasteiger charge is -2.30. The average Bonchev–Trinajstić information content (AvgIpc) is 2.50. The van der Waals surface area contributed by atoms with Crippen molar-refractivity contribution < 1.29 is 19.1 Å². The molecule has 0 radical (unpaired) electrons. The third-order valence-corrected chi connectivity index (χ3v) is 3.41. The SMILES string of the molecule is CCN1CCOc2ccc(C(=O)CCC(=O)OC)cc21. The highest BCUT2D eigenvalue weighted by Gasteiger charge is 2.19. The number of esters is 1. The fraction of sp³-hybridized carbons (Fsp3) is 0.467. The van der Waals surface area contributed by atoms with Crippen molar-refractivity contribution in [1.29, 1.82) is 0 Å². The monoisotopic (exact) mass is 277 g/mol.